The van der Waals surface area contributed by atoms with Gasteiger partial charge >= 0.3 is 6.18 Å². The number of nitrogens with one attached hydrogen (secondary N) is 1. The molecule has 0 atom stereocenters. The average Bonchev–Trinajstić information content (AvgIpc) is 3.25. The highest BCUT2D eigenvalue weighted by molar-refractivity contribution is 6.09. The highest BCUT2D eigenvalue weighted by atomic mass is 19.4. The molecule has 5 rings (SSSR count). The molecule has 0 spiro atoms. The molecule has 2 aromatic heterocycles. The van der Waals surface area contributed by atoms with Gasteiger partial charge in [-0.15, -0.1) is 0 Å². The van der Waals surface area contributed by atoms with Gasteiger partial charge in [0.1, 0.15) is 11.6 Å². The van der Waals surface area contributed by atoms with E-state index in [1.807, 2.05) is 13.0 Å². The summed E-state index contributed by atoms with van der Waals surface area (Å²) in [6.45, 7) is 1.81. The van der Waals surface area contributed by atoms with Crippen LogP contribution < -0.4 is 11.1 Å². The lowest BCUT2D eigenvalue weighted by Gasteiger charge is -2.15. The number of halogens is 4. The summed E-state index contributed by atoms with van der Waals surface area (Å²) in [6, 6.07) is 13.9. The Balaban J connectivity index is 1.66. The molecular formula is C27H18F4N6O2. The van der Waals surface area contributed by atoms with Gasteiger partial charge in [0.2, 0.25) is 5.91 Å². The summed E-state index contributed by atoms with van der Waals surface area (Å²) in [5.74, 6) is -3.32. The molecule has 5 aromatic rings. The number of nitrogens with zero attached hydrogens (tertiary/aromatic N) is 4. The van der Waals surface area contributed by atoms with Crippen LogP contribution in [0.1, 0.15) is 31.8 Å². The quantitative estimate of drug-likeness (QED) is 0.297. The third kappa shape index (κ3) is 4.79. The monoisotopic (exact) mass is 534 g/mol. The van der Waals surface area contributed by atoms with Crippen LogP contribution >= 0.6 is 0 Å². The molecule has 12 heteroatoms. The van der Waals surface area contributed by atoms with Crippen molar-refractivity contribution in [3.05, 3.63) is 101 Å². The maximum Gasteiger partial charge on any atom is 0.417 e. The molecule has 196 valence electrons. The number of rotatable bonds is 5. The molecule has 0 saturated heterocycles. The van der Waals surface area contributed by atoms with Crippen LogP contribution in [0, 0.1) is 12.7 Å². The van der Waals surface area contributed by atoms with Gasteiger partial charge in [0.15, 0.2) is 5.82 Å². The van der Waals surface area contributed by atoms with E-state index in [1.54, 1.807) is 18.2 Å². The van der Waals surface area contributed by atoms with E-state index < -0.39 is 40.5 Å². The minimum absolute atomic E-state index is 0.108. The molecule has 0 aliphatic rings. The van der Waals surface area contributed by atoms with Crippen LogP contribution in [0.15, 0.2) is 73.1 Å². The molecule has 0 aliphatic heterocycles. The predicted octanol–water partition coefficient (Wildman–Crippen LogP) is 5.30. The van der Waals surface area contributed by atoms with Crippen molar-refractivity contribution in [2.75, 3.05) is 5.32 Å². The summed E-state index contributed by atoms with van der Waals surface area (Å²) >= 11 is 0. The van der Waals surface area contributed by atoms with Crippen LogP contribution in [-0.4, -0.2) is 31.6 Å². The number of para-hydroxylation sites is 1. The van der Waals surface area contributed by atoms with Crippen molar-refractivity contribution in [2.24, 2.45) is 5.73 Å². The molecule has 3 aromatic carbocycles. The Hall–Kier alpha value is -5.13. The zero-order valence-electron chi connectivity index (χ0n) is 20.1. The van der Waals surface area contributed by atoms with E-state index >= 15 is 4.39 Å². The fourth-order valence-corrected chi connectivity index (χ4v) is 4.12. The van der Waals surface area contributed by atoms with Gasteiger partial charge in [0, 0.05) is 28.9 Å². The minimum atomic E-state index is -4.93. The molecule has 0 radical (unpaired) electrons. The number of nitrogens with two attached hydrogens (primary N) is 1. The van der Waals surface area contributed by atoms with E-state index in [0.29, 0.717) is 16.6 Å². The summed E-state index contributed by atoms with van der Waals surface area (Å²) in [4.78, 5) is 32.7. The Labute approximate surface area is 218 Å². The van der Waals surface area contributed by atoms with E-state index in [0.717, 1.165) is 11.6 Å². The molecule has 0 unspecified atom stereocenters. The summed E-state index contributed by atoms with van der Waals surface area (Å²) in [6.07, 6.45) is -2.46. The van der Waals surface area contributed by atoms with E-state index in [2.05, 4.69) is 20.4 Å². The maximum atomic E-state index is 15.0. The first kappa shape index (κ1) is 25.5. The summed E-state index contributed by atoms with van der Waals surface area (Å²) < 4.78 is 57.6. The van der Waals surface area contributed by atoms with E-state index in [-0.39, 0.29) is 23.3 Å². The number of alkyl halides is 3. The number of amides is 2. The number of anilines is 1. The molecule has 0 saturated carbocycles. The second-order valence-corrected chi connectivity index (χ2v) is 8.54. The van der Waals surface area contributed by atoms with Crippen molar-refractivity contribution >= 4 is 28.5 Å². The SMILES string of the molecule is Cc1ccccc1-n1nc2cc(C(N)=O)ccc2c1NC(=O)c1cc(-c2ncccn2)c(C(F)(F)F)cc1F. The number of fused-ring (bicyclic) bond motifs is 1. The average molecular weight is 534 g/mol. The number of carbonyl (C=O) groups is 2. The molecule has 0 fully saturated rings. The third-order valence-electron chi connectivity index (χ3n) is 6.00. The topological polar surface area (TPSA) is 116 Å². The Bertz CT molecular complexity index is 1750. The van der Waals surface area contributed by atoms with E-state index in [1.165, 1.54) is 41.3 Å². The molecule has 0 bridgehead atoms. The molecule has 3 N–H and O–H groups in total. The molecular weight excluding hydrogens is 516 g/mol. The number of carbonyl (C=O) groups excluding carboxylic acids is 2. The zero-order chi connectivity index (χ0) is 27.9. The first-order valence-electron chi connectivity index (χ1n) is 11.4. The molecule has 2 heterocycles. The maximum absolute atomic E-state index is 15.0. The lowest BCUT2D eigenvalue weighted by Crippen LogP contribution is -2.19. The van der Waals surface area contributed by atoms with Gasteiger partial charge in [-0.05, 0) is 55.0 Å². The van der Waals surface area contributed by atoms with Crippen LogP contribution in [-0.2, 0) is 6.18 Å². The number of hydrogen-bond donors (Lipinski definition) is 2. The number of aryl methyl sites for hydroxylation is 1. The van der Waals surface area contributed by atoms with Gasteiger partial charge in [-0.2, -0.15) is 18.3 Å². The minimum Gasteiger partial charge on any atom is -0.366 e. The lowest BCUT2D eigenvalue weighted by molar-refractivity contribution is -0.137. The van der Waals surface area contributed by atoms with Crippen molar-refractivity contribution in [1.29, 1.82) is 0 Å². The zero-order valence-corrected chi connectivity index (χ0v) is 20.1. The highest BCUT2D eigenvalue weighted by Gasteiger charge is 2.36. The first-order chi connectivity index (χ1) is 18.5. The third-order valence-corrected chi connectivity index (χ3v) is 6.00. The van der Waals surface area contributed by atoms with Crippen molar-refractivity contribution in [3.8, 4) is 17.1 Å². The second-order valence-electron chi connectivity index (χ2n) is 8.54. The number of hydrogen-bond acceptors (Lipinski definition) is 5. The molecule has 0 aliphatic carbocycles. The van der Waals surface area contributed by atoms with Crippen LogP contribution in [0.2, 0.25) is 0 Å². The molecule has 2 amide bonds. The highest BCUT2D eigenvalue weighted by Crippen LogP contribution is 2.38. The summed E-state index contributed by atoms with van der Waals surface area (Å²) in [5, 5.41) is 7.47. The Morgan fingerprint density at radius 1 is 0.974 bits per heavy atom. The largest absolute Gasteiger partial charge is 0.417 e. The number of aromatic nitrogens is 4. The molecule has 39 heavy (non-hydrogen) atoms. The van der Waals surface area contributed by atoms with E-state index in [9.17, 15) is 22.8 Å². The molecule has 8 nitrogen and oxygen atoms in total. The summed E-state index contributed by atoms with van der Waals surface area (Å²) in [7, 11) is 0. The normalized spacial score (nSPS) is 11.5. The van der Waals surface area contributed by atoms with Crippen molar-refractivity contribution in [2.45, 2.75) is 13.1 Å². The van der Waals surface area contributed by atoms with Gasteiger partial charge in [-0.25, -0.2) is 19.0 Å². The van der Waals surface area contributed by atoms with Gasteiger partial charge in [0.05, 0.1) is 22.3 Å². The van der Waals surface area contributed by atoms with Gasteiger partial charge in [-0.1, -0.05) is 18.2 Å². The standard InChI is InChI=1S/C27H18F4N6O2/c1-14-5-2-3-6-22(14)37-25(16-8-7-15(23(32)38)11-21(16)36-37)35-26(39)18-12-17(24-33-9-4-10-34-24)19(13-20(18)28)27(29,30)31/h2-13H,1H3,(H2,32,38)(H,35,39). The predicted molar refractivity (Wildman–Crippen MR) is 135 cm³/mol. The van der Waals surface area contributed by atoms with Crippen molar-refractivity contribution in [3.63, 3.8) is 0 Å². The number of benzene rings is 3. The Morgan fingerprint density at radius 3 is 2.36 bits per heavy atom. The number of primary amides is 1. The fraction of sp³-hybridized carbons (Fsp3) is 0.0741. The smallest absolute Gasteiger partial charge is 0.366 e. The van der Waals surface area contributed by atoms with Gasteiger partial charge in [0.25, 0.3) is 5.91 Å². The van der Waals surface area contributed by atoms with Crippen LogP contribution in [0.25, 0.3) is 28.0 Å². The van der Waals surface area contributed by atoms with Crippen molar-refractivity contribution < 1.29 is 27.2 Å². The van der Waals surface area contributed by atoms with Crippen LogP contribution in [0.5, 0.6) is 0 Å². The fourth-order valence-electron chi connectivity index (χ4n) is 4.12. The van der Waals surface area contributed by atoms with E-state index in [4.69, 9.17) is 5.73 Å². The first-order valence-corrected chi connectivity index (χ1v) is 11.4. The van der Waals surface area contributed by atoms with Gasteiger partial charge in [-0.3, -0.25) is 9.59 Å². The lowest BCUT2D eigenvalue weighted by atomic mass is 10.0. The van der Waals surface area contributed by atoms with Crippen LogP contribution in [0.4, 0.5) is 23.4 Å². The Kier molecular flexibility index (Phi) is 6.30. The van der Waals surface area contributed by atoms with Crippen molar-refractivity contribution in [1.82, 2.24) is 19.7 Å². The Morgan fingerprint density at radius 2 is 1.69 bits per heavy atom. The van der Waals surface area contributed by atoms with Gasteiger partial charge < -0.3 is 11.1 Å². The van der Waals surface area contributed by atoms with Crippen LogP contribution in [0.3, 0.4) is 0 Å². The summed E-state index contributed by atoms with van der Waals surface area (Å²) in [5.41, 5.74) is 4.67. The second kappa shape index (κ2) is 9.63.